The molecule has 7 heteroatoms. The lowest BCUT2D eigenvalue weighted by Crippen LogP contribution is -2.42. The van der Waals surface area contributed by atoms with Crippen LogP contribution in [0, 0.1) is 9.39 Å². The molecule has 0 saturated heterocycles. The predicted octanol–water partition coefficient (Wildman–Crippen LogP) is 2.34. The van der Waals surface area contributed by atoms with E-state index in [4.69, 9.17) is 5.11 Å². The van der Waals surface area contributed by atoms with E-state index >= 15 is 0 Å². The minimum absolute atomic E-state index is 0.0320. The monoisotopic (exact) mass is 393 g/mol. The summed E-state index contributed by atoms with van der Waals surface area (Å²) in [5, 5.41) is 11.2. The Kier molecular flexibility index (Phi) is 6.43. The molecular formula is C13H13FINO4. The number of carbonyl (C=O) groups excluding carboxylic acids is 1. The van der Waals surface area contributed by atoms with Gasteiger partial charge in [-0.2, -0.15) is 0 Å². The van der Waals surface area contributed by atoms with E-state index in [0.717, 1.165) is 3.57 Å². The van der Waals surface area contributed by atoms with Gasteiger partial charge in [-0.05, 0) is 46.4 Å². The SMILES string of the molecule is C=CCOC(=O)N[C@@H](Cc1cc(I)ccc1F)C(=O)O. The van der Waals surface area contributed by atoms with Gasteiger partial charge in [-0.15, -0.1) is 0 Å². The van der Waals surface area contributed by atoms with Gasteiger partial charge in [0.25, 0.3) is 0 Å². The van der Waals surface area contributed by atoms with Crippen molar-refractivity contribution in [3.05, 3.63) is 45.8 Å². The average Bonchev–Trinajstić information content (AvgIpc) is 2.39. The van der Waals surface area contributed by atoms with E-state index in [0.29, 0.717) is 0 Å². The third-order valence-corrected chi connectivity index (χ3v) is 3.03. The van der Waals surface area contributed by atoms with E-state index in [1.54, 1.807) is 6.07 Å². The number of carboxylic acid groups (broad SMARTS) is 1. The molecule has 20 heavy (non-hydrogen) atoms. The van der Waals surface area contributed by atoms with Gasteiger partial charge in [0, 0.05) is 9.99 Å². The van der Waals surface area contributed by atoms with Crippen molar-refractivity contribution in [2.75, 3.05) is 6.61 Å². The molecule has 0 aromatic heterocycles. The van der Waals surface area contributed by atoms with Crippen LogP contribution in [0.15, 0.2) is 30.9 Å². The lowest BCUT2D eigenvalue weighted by molar-refractivity contribution is -0.139. The third-order valence-electron chi connectivity index (χ3n) is 2.35. The maximum atomic E-state index is 13.6. The topological polar surface area (TPSA) is 75.6 Å². The number of ether oxygens (including phenoxy) is 1. The standard InChI is InChI=1S/C13H13FINO4/c1-2-5-20-13(19)16-11(12(17)18)7-8-6-9(15)3-4-10(8)14/h2-4,6,11H,1,5,7H2,(H,16,19)(H,17,18)/t11-/m0/s1. The summed E-state index contributed by atoms with van der Waals surface area (Å²) in [5.41, 5.74) is 0.216. The molecule has 0 heterocycles. The quantitative estimate of drug-likeness (QED) is 0.575. The van der Waals surface area contributed by atoms with Crippen LogP contribution in [0.4, 0.5) is 9.18 Å². The van der Waals surface area contributed by atoms with Crippen molar-refractivity contribution in [3.8, 4) is 0 Å². The molecule has 0 unspecified atom stereocenters. The molecule has 2 N–H and O–H groups in total. The number of hydrogen-bond acceptors (Lipinski definition) is 3. The number of amides is 1. The zero-order valence-corrected chi connectivity index (χ0v) is 12.6. The van der Waals surface area contributed by atoms with Crippen LogP contribution in [-0.2, 0) is 16.0 Å². The lowest BCUT2D eigenvalue weighted by Gasteiger charge is -2.14. The number of halogens is 2. The van der Waals surface area contributed by atoms with Crippen LogP contribution in [0.5, 0.6) is 0 Å². The van der Waals surface area contributed by atoms with E-state index in [1.165, 1.54) is 18.2 Å². The van der Waals surface area contributed by atoms with Crippen LogP contribution in [0.1, 0.15) is 5.56 Å². The Hall–Kier alpha value is -1.64. The van der Waals surface area contributed by atoms with Crippen LogP contribution < -0.4 is 5.32 Å². The van der Waals surface area contributed by atoms with Crippen LogP contribution >= 0.6 is 22.6 Å². The Morgan fingerprint density at radius 1 is 1.55 bits per heavy atom. The molecule has 1 aromatic rings. The van der Waals surface area contributed by atoms with Gasteiger partial charge in [-0.25, -0.2) is 14.0 Å². The Morgan fingerprint density at radius 3 is 2.85 bits per heavy atom. The number of benzene rings is 1. The molecule has 0 aliphatic carbocycles. The van der Waals surface area contributed by atoms with Gasteiger partial charge in [-0.3, -0.25) is 0 Å². The Morgan fingerprint density at radius 2 is 2.25 bits per heavy atom. The highest BCUT2D eigenvalue weighted by atomic mass is 127. The lowest BCUT2D eigenvalue weighted by atomic mass is 10.1. The molecule has 0 fully saturated rings. The molecule has 1 amide bonds. The Labute approximate surface area is 129 Å². The fourth-order valence-electron chi connectivity index (χ4n) is 1.44. The number of carboxylic acids is 1. The van der Waals surface area contributed by atoms with Crippen molar-refractivity contribution in [2.24, 2.45) is 0 Å². The highest BCUT2D eigenvalue weighted by Crippen LogP contribution is 2.14. The fourth-order valence-corrected chi connectivity index (χ4v) is 1.99. The number of rotatable bonds is 6. The zero-order chi connectivity index (χ0) is 15.1. The molecule has 0 saturated carbocycles. The van der Waals surface area contributed by atoms with Crippen LogP contribution in [0.25, 0.3) is 0 Å². The second kappa shape index (κ2) is 7.83. The molecule has 1 atom stereocenters. The van der Waals surface area contributed by atoms with Crippen LogP contribution in [0.3, 0.4) is 0 Å². The summed E-state index contributed by atoms with van der Waals surface area (Å²) in [7, 11) is 0. The number of alkyl carbamates (subject to hydrolysis) is 1. The highest BCUT2D eigenvalue weighted by Gasteiger charge is 2.22. The first-order valence-electron chi connectivity index (χ1n) is 5.65. The van der Waals surface area contributed by atoms with E-state index in [-0.39, 0.29) is 18.6 Å². The largest absolute Gasteiger partial charge is 0.480 e. The Balaban J connectivity index is 2.77. The van der Waals surface area contributed by atoms with Crippen molar-refractivity contribution in [3.63, 3.8) is 0 Å². The first-order chi connectivity index (χ1) is 9.43. The number of aliphatic carboxylic acids is 1. The molecule has 0 spiro atoms. The summed E-state index contributed by atoms with van der Waals surface area (Å²) in [6.07, 6.45) is 0.304. The molecule has 0 radical (unpaired) electrons. The number of carbonyl (C=O) groups is 2. The fraction of sp³-hybridized carbons (Fsp3) is 0.231. The summed E-state index contributed by atoms with van der Waals surface area (Å²) in [4.78, 5) is 22.4. The maximum absolute atomic E-state index is 13.6. The van der Waals surface area contributed by atoms with Gasteiger partial charge in [-0.1, -0.05) is 12.7 Å². The summed E-state index contributed by atoms with van der Waals surface area (Å²) in [6, 6.07) is 3.09. The van der Waals surface area contributed by atoms with E-state index in [2.05, 4.69) is 16.6 Å². The number of nitrogens with one attached hydrogen (secondary N) is 1. The molecule has 1 rings (SSSR count). The van der Waals surface area contributed by atoms with Gasteiger partial charge in [0.05, 0.1) is 0 Å². The average molecular weight is 393 g/mol. The molecule has 108 valence electrons. The van der Waals surface area contributed by atoms with Crippen molar-refractivity contribution < 1.29 is 23.8 Å². The smallest absolute Gasteiger partial charge is 0.408 e. The van der Waals surface area contributed by atoms with E-state index < -0.39 is 23.9 Å². The normalized spacial score (nSPS) is 11.5. The van der Waals surface area contributed by atoms with Gasteiger partial charge in [0.2, 0.25) is 0 Å². The van der Waals surface area contributed by atoms with Crippen molar-refractivity contribution in [1.82, 2.24) is 5.32 Å². The van der Waals surface area contributed by atoms with Gasteiger partial charge < -0.3 is 15.2 Å². The van der Waals surface area contributed by atoms with Gasteiger partial charge >= 0.3 is 12.1 Å². The van der Waals surface area contributed by atoms with Crippen molar-refractivity contribution in [1.29, 1.82) is 0 Å². The Bertz CT molecular complexity index is 521. The molecule has 0 bridgehead atoms. The minimum Gasteiger partial charge on any atom is -0.480 e. The zero-order valence-electron chi connectivity index (χ0n) is 10.4. The first kappa shape index (κ1) is 16.4. The second-order valence-corrected chi connectivity index (χ2v) is 5.11. The maximum Gasteiger partial charge on any atom is 0.408 e. The predicted molar refractivity (Wildman–Crippen MR) is 78.9 cm³/mol. The molecule has 0 aliphatic rings. The van der Waals surface area contributed by atoms with E-state index in [1.807, 2.05) is 22.6 Å². The first-order valence-corrected chi connectivity index (χ1v) is 6.73. The third kappa shape index (κ3) is 5.16. The summed E-state index contributed by atoms with van der Waals surface area (Å²) in [5.74, 6) is -1.78. The van der Waals surface area contributed by atoms with E-state index in [9.17, 15) is 14.0 Å². The van der Waals surface area contributed by atoms with Crippen LogP contribution in [-0.4, -0.2) is 29.8 Å². The molecule has 0 aliphatic heterocycles. The van der Waals surface area contributed by atoms with Crippen LogP contribution in [0.2, 0.25) is 0 Å². The molecule has 5 nitrogen and oxygen atoms in total. The highest BCUT2D eigenvalue weighted by molar-refractivity contribution is 14.1. The molecular weight excluding hydrogens is 380 g/mol. The second-order valence-electron chi connectivity index (χ2n) is 3.86. The minimum atomic E-state index is -1.26. The summed E-state index contributed by atoms with van der Waals surface area (Å²) >= 11 is 1.99. The summed E-state index contributed by atoms with van der Waals surface area (Å²) in [6.45, 7) is 3.33. The number of hydrogen-bond donors (Lipinski definition) is 2. The van der Waals surface area contributed by atoms with Gasteiger partial charge in [0.15, 0.2) is 0 Å². The van der Waals surface area contributed by atoms with Gasteiger partial charge in [0.1, 0.15) is 18.5 Å². The van der Waals surface area contributed by atoms with Crippen molar-refractivity contribution >= 4 is 34.7 Å². The summed E-state index contributed by atoms with van der Waals surface area (Å²) < 4.78 is 19.0. The molecule has 1 aromatic carbocycles. The van der Waals surface area contributed by atoms with Crippen molar-refractivity contribution in [2.45, 2.75) is 12.5 Å².